The Balaban J connectivity index is 1.66. The lowest BCUT2D eigenvalue weighted by molar-refractivity contribution is -0.111. The maximum absolute atomic E-state index is 12.1. The van der Waals surface area contributed by atoms with E-state index < -0.39 is 0 Å². The van der Waals surface area contributed by atoms with Crippen LogP contribution in [0.5, 0.6) is 0 Å². The van der Waals surface area contributed by atoms with Gasteiger partial charge < -0.3 is 5.32 Å². The lowest BCUT2D eigenvalue weighted by atomic mass is 10.2. The van der Waals surface area contributed by atoms with Gasteiger partial charge in [0.1, 0.15) is 5.69 Å². The quantitative estimate of drug-likeness (QED) is 0.540. The Bertz CT molecular complexity index is 984. The minimum absolute atomic E-state index is 0.213. The van der Waals surface area contributed by atoms with Crippen LogP contribution in [-0.4, -0.2) is 10.9 Å². The molecule has 0 saturated carbocycles. The van der Waals surface area contributed by atoms with E-state index in [1.165, 1.54) is 6.08 Å². The fourth-order valence-corrected chi connectivity index (χ4v) is 2.30. The van der Waals surface area contributed by atoms with Crippen molar-refractivity contribution in [3.05, 3.63) is 101 Å². The molecule has 0 saturated heterocycles. The summed E-state index contributed by atoms with van der Waals surface area (Å²) in [6.45, 7) is 0. The summed E-state index contributed by atoms with van der Waals surface area (Å²) >= 11 is 5.84. The van der Waals surface area contributed by atoms with Crippen molar-refractivity contribution in [1.29, 1.82) is 0 Å². The van der Waals surface area contributed by atoms with Gasteiger partial charge in [0.05, 0.1) is 0 Å². The van der Waals surface area contributed by atoms with E-state index in [0.29, 0.717) is 16.4 Å². The Morgan fingerprint density at radius 2 is 1.85 bits per heavy atom. The zero-order valence-electron chi connectivity index (χ0n) is 13.8. The molecule has 1 heterocycles. The standard InChI is InChI=1S/C22H15ClN2O/c23-19-11-7-17(8-12-19)10-14-22(26)25-21-6-3-4-18(16-21)9-13-20-5-1-2-15-24-20/h1-8,10-12,14-16H,(H,25,26). The Kier molecular flexibility index (Phi) is 5.82. The van der Waals surface area contributed by atoms with Gasteiger partial charge in [-0.1, -0.05) is 41.8 Å². The number of hydrogen-bond donors (Lipinski definition) is 1. The molecule has 1 N–H and O–H groups in total. The van der Waals surface area contributed by atoms with Gasteiger partial charge in [0.15, 0.2) is 0 Å². The predicted octanol–water partition coefficient (Wildman–Crippen LogP) is 4.79. The Morgan fingerprint density at radius 1 is 1.00 bits per heavy atom. The highest BCUT2D eigenvalue weighted by molar-refractivity contribution is 6.30. The molecule has 0 aliphatic heterocycles. The summed E-state index contributed by atoms with van der Waals surface area (Å²) in [5, 5.41) is 3.49. The van der Waals surface area contributed by atoms with Crippen molar-refractivity contribution in [2.75, 3.05) is 5.32 Å². The molecule has 3 aromatic rings. The van der Waals surface area contributed by atoms with E-state index in [1.54, 1.807) is 24.4 Å². The highest BCUT2D eigenvalue weighted by atomic mass is 35.5. The van der Waals surface area contributed by atoms with Crippen molar-refractivity contribution in [3.63, 3.8) is 0 Å². The average Bonchev–Trinajstić information content (AvgIpc) is 2.67. The molecule has 0 fully saturated rings. The minimum Gasteiger partial charge on any atom is -0.322 e. The summed E-state index contributed by atoms with van der Waals surface area (Å²) in [6, 6.07) is 20.2. The smallest absolute Gasteiger partial charge is 0.248 e. The number of nitrogens with zero attached hydrogens (tertiary/aromatic N) is 1. The van der Waals surface area contributed by atoms with Crippen LogP contribution >= 0.6 is 11.6 Å². The van der Waals surface area contributed by atoms with E-state index in [-0.39, 0.29) is 5.91 Å². The number of amides is 1. The lowest BCUT2D eigenvalue weighted by Crippen LogP contribution is -2.07. The van der Waals surface area contributed by atoms with Gasteiger partial charge in [-0.2, -0.15) is 0 Å². The third kappa shape index (κ3) is 5.34. The second kappa shape index (κ2) is 8.66. The SMILES string of the molecule is O=C(C=Cc1ccc(Cl)cc1)Nc1cccc(C#Cc2ccccn2)c1. The van der Waals surface area contributed by atoms with Gasteiger partial charge in [-0.3, -0.25) is 4.79 Å². The topological polar surface area (TPSA) is 42.0 Å². The van der Waals surface area contributed by atoms with Gasteiger partial charge in [-0.05, 0) is 60.0 Å². The molecule has 3 rings (SSSR count). The Morgan fingerprint density at radius 3 is 2.62 bits per heavy atom. The third-order valence-electron chi connectivity index (χ3n) is 3.43. The van der Waals surface area contributed by atoms with Crippen molar-refractivity contribution in [3.8, 4) is 11.8 Å². The highest BCUT2D eigenvalue weighted by Gasteiger charge is 1.99. The number of halogens is 1. The molecule has 1 aromatic heterocycles. The van der Waals surface area contributed by atoms with E-state index in [0.717, 1.165) is 11.1 Å². The molecule has 1 amide bonds. The summed E-state index contributed by atoms with van der Waals surface area (Å²) in [7, 11) is 0. The molecular formula is C22H15ClN2O. The first kappa shape index (κ1) is 17.5. The Labute approximate surface area is 157 Å². The van der Waals surface area contributed by atoms with E-state index in [2.05, 4.69) is 22.1 Å². The first-order valence-corrected chi connectivity index (χ1v) is 8.34. The average molecular weight is 359 g/mol. The highest BCUT2D eigenvalue weighted by Crippen LogP contribution is 2.12. The van der Waals surface area contributed by atoms with Crippen molar-refractivity contribution < 1.29 is 4.79 Å². The van der Waals surface area contributed by atoms with Gasteiger partial charge in [0.25, 0.3) is 0 Å². The van der Waals surface area contributed by atoms with Crippen LogP contribution in [0.4, 0.5) is 5.69 Å². The zero-order valence-corrected chi connectivity index (χ0v) is 14.6. The van der Waals surface area contributed by atoms with Crippen molar-refractivity contribution in [2.24, 2.45) is 0 Å². The van der Waals surface area contributed by atoms with Crippen LogP contribution in [0.3, 0.4) is 0 Å². The summed E-state index contributed by atoms with van der Waals surface area (Å²) in [6.07, 6.45) is 4.92. The second-order valence-electron chi connectivity index (χ2n) is 5.42. The molecule has 0 radical (unpaired) electrons. The molecule has 0 aliphatic rings. The van der Waals surface area contributed by atoms with E-state index in [4.69, 9.17) is 11.6 Å². The number of carbonyl (C=O) groups is 1. The van der Waals surface area contributed by atoms with Crippen molar-refractivity contribution >= 4 is 29.3 Å². The molecule has 3 nitrogen and oxygen atoms in total. The van der Waals surface area contributed by atoms with E-state index >= 15 is 0 Å². The maximum atomic E-state index is 12.1. The second-order valence-corrected chi connectivity index (χ2v) is 5.86. The first-order valence-electron chi connectivity index (χ1n) is 7.97. The number of hydrogen-bond acceptors (Lipinski definition) is 2. The molecule has 0 aliphatic carbocycles. The normalized spacial score (nSPS) is 10.2. The maximum Gasteiger partial charge on any atom is 0.248 e. The van der Waals surface area contributed by atoms with Crippen molar-refractivity contribution in [2.45, 2.75) is 0 Å². The molecule has 0 spiro atoms. The Hall–Kier alpha value is -3.35. The number of carbonyl (C=O) groups excluding carboxylic acids is 1. The molecule has 126 valence electrons. The summed E-state index contributed by atoms with van der Waals surface area (Å²) < 4.78 is 0. The summed E-state index contributed by atoms with van der Waals surface area (Å²) in [4.78, 5) is 16.2. The van der Waals surface area contributed by atoms with Gasteiger partial charge in [-0.15, -0.1) is 0 Å². The molecule has 2 aromatic carbocycles. The fourth-order valence-electron chi connectivity index (χ4n) is 2.18. The minimum atomic E-state index is -0.213. The van der Waals surface area contributed by atoms with Crippen LogP contribution in [0.1, 0.15) is 16.8 Å². The number of rotatable bonds is 3. The van der Waals surface area contributed by atoms with E-state index in [9.17, 15) is 4.79 Å². The first-order chi connectivity index (χ1) is 12.7. The summed E-state index contributed by atoms with van der Waals surface area (Å²) in [5.74, 6) is 5.82. The number of pyridine rings is 1. The molecule has 4 heteroatoms. The van der Waals surface area contributed by atoms with Crippen LogP contribution in [0.2, 0.25) is 5.02 Å². The van der Waals surface area contributed by atoms with Gasteiger partial charge >= 0.3 is 0 Å². The fraction of sp³-hybridized carbons (Fsp3) is 0. The molecule has 0 unspecified atom stereocenters. The molecule has 0 bridgehead atoms. The lowest BCUT2D eigenvalue weighted by Gasteiger charge is -2.02. The zero-order chi connectivity index (χ0) is 18.2. The molecule has 0 atom stereocenters. The van der Waals surface area contributed by atoms with Gasteiger partial charge in [-0.25, -0.2) is 4.98 Å². The van der Waals surface area contributed by atoms with Crippen molar-refractivity contribution in [1.82, 2.24) is 4.98 Å². The predicted molar refractivity (Wildman–Crippen MR) is 106 cm³/mol. The van der Waals surface area contributed by atoms with E-state index in [1.807, 2.05) is 54.6 Å². The molecular weight excluding hydrogens is 344 g/mol. The largest absolute Gasteiger partial charge is 0.322 e. The summed E-state index contributed by atoms with van der Waals surface area (Å²) in [5.41, 5.74) is 3.09. The number of nitrogens with one attached hydrogen (secondary N) is 1. The number of aromatic nitrogens is 1. The third-order valence-corrected chi connectivity index (χ3v) is 3.68. The van der Waals surface area contributed by atoms with Gasteiger partial charge in [0, 0.05) is 28.5 Å². The molecule has 26 heavy (non-hydrogen) atoms. The van der Waals surface area contributed by atoms with Gasteiger partial charge in [0.2, 0.25) is 5.91 Å². The van der Waals surface area contributed by atoms with Crippen LogP contribution in [0.25, 0.3) is 6.08 Å². The van der Waals surface area contributed by atoms with Crippen LogP contribution in [0.15, 0.2) is 79.0 Å². The van der Waals surface area contributed by atoms with Crippen LogP contribution < -0.4 is 5.32 Å². The van der Waals surface area contributed by atoms with Crippen LogP contribution in [0, 0.1) is 11.8 Å². The number of anilines is 1. The number of benzene rings is 2. The van der Waals surface area contributed by atoms with Crippen LogP contribution in [-0.2, 0) is 4.79 Å². The monoisotopic (exact) mass is 358 g/mol.